The molecule has 0 fully saturated rings. The average Bonchev–Trinajstić information content (AvgIpc) is 2.42. The number of hydrogen-bond acceptors (Lipinski definition) is 4. The van der Waals surface area contributed by atoms with Gasteiger partial charge in [-0.15, -0.1) is 0 Å². The molecule has 0 heterocycles. The number of nitrogen functional groups attached to an aromatic ring is 1. The highest BCUT2D eigenvalue weighted by molar-refractivity contribution is 6.08. The van der Waals surface area contributed by atoms with Crippen molar-refractivity contribution in [1.82, 2.24) is 0 Å². The lowest BCUT2D eigenvalue weighted by atomic mass is 10.1. The number of benzene rings is 2. The molecule has 102 valence electrons. The number of halogens is 1. The van der Waals surface area contributed by atoms with Gasteiger partial charge in [0.2, 0.25) is 0 Å². The molecule has 6 nitrogen and oxygen atoms in total. The Morgan fingerprint density at radius 2 is 1.90 bits per heavy atom. The van der Waals surface area contributed by atoms with E-state index in [1.165, 1.54) is 36.4 Å². The lowest BCUT2D eigenvalue weighted by molar-refractivity contribution is -0.383. The van der Waals surface area contributed by atoms with Crippen LogP contribution in [0.25, 0.3) is 0 Å². The molecule has 0 unspecified atom stereocenters. The SMILES string of the molecule is Nc1c(F)cccc1C(=O)Nc1ccccc1[N+](=O)[O-]. The molecule has 0 aromatic heterocycles. The number of anilines is 2. The van der Waals surface area contributed by atoms with Crippen molar-refractivity contribution in [3.63, 3.8) is 0 Å². The Hall–Kier alpha value is -2.96. The van der Waals surface area contributed by atoms with Crippen molar-refractivity contribution >= 4 is 23.0 Å². The molecule has 20 heavy (non-hydrogen) atoms. The molecule has 3 N–H and O–H groups in total. The van der Waals surface area contributed by atoms with E-state index in [0.717, 1.165) is 6.07 Å². The fraction of sp³-hybridized carbons (Fsp3) is 0. The summed E-state index contributed by atoms with van der Waals surface area (Å²) >= 11 is 0. The minimum atomic E-state index is -0.722. The van der Waals surface area contributed by atoms with Crippen molar-refractivity contribution < 1.29 is 14.1 Å². The molecule has 0 aliphatic rings. The van der Waals surface area contributed by atoms with Crippen LogP contribution in [0.1, 0.15) is 10.4 Å². The highest BCUT2D eigenvalue weighted by Gasteiger charge is 2.18. The fourth-order valence-electron chi connectivity index (χ4n) is 1.66. The van der Waals surface area contributed by atoms with E-state index >= 15 is 0 Å². The molecule has 7 heteroatoms. The van der Waals surface area contributed by atoms with Crippen LogP contribution in [0.4, 0.5) is 21.5 Å². The Morgan fingerprint density at radius 3 is 2.60 bits per heavy atom. The van der Waals surface area contributed by atoms with Gasteiger partial charge in [0.05, 0.1) is 16.2 Å². The Balaban J connectivity index is 2.33. The second-order valence-corrected chi connectivity index (χ2v) is 3.93. The monoisotopic (exact) mass is 275 g/mol. The maximum absolute atomic E-state index is 13.3. The van der Waals surface area contributed by atoms with Crippen LogP contribution in [0, 0.1) is 15.9 Å². The molecule has 0 radical (unpaired) electrons. The molecule has 0 aliphatic heterocycles. The summed E-state index contributed by atoms with van der Waals surface area (Å²) in [6, 6.07) is 9.44. The summed E-state index contributed by atoms with van der Waals surface area (Å²) in [7, 11) is 0. The van der Waals surface area contributed by atoms with Crippen molar-refractivity contribution in [1.29, 1.82) is 0 Å². The van der Waals surface area contributed by atoms with Gasteiger partial charge in [-0.1, -0.05) is 18.2 Å². The molecule has 0 saturated carbocycles. The van der Waals surface area contributed by atoms with Gasteiger partial charge in [0, 0.05) is 6.07 Å². The number of para-hydroxylation sites is 3. The number of carbonyl (C=O) groups is 1. The zero-order chi connectivity index (χ0) is 14.7. The molecule has 0 bridgehead atoms. The van der Waals surface area contributed by atoms with E-state index in [1.54, 1.807) is 0 Å². The molecular weight excluding hydrogens is 265 g/mol. The normalized spacial score (nSPS) is 10.1. The maximum atomic E-state index is 13.3. The smallest absolute Gasteiger partial charge is 0.292 e. The highest BCUT2D eigenvalue weighted by Crippen LogP contribution is 2.25. The number of amides is 1. The third-order valence-electron chi connectivity index (χ3n) is 2.65. The van der Waals surface area contributed by atoms with Crippen LogP contribution in [-0.4, -0.2) is 10.8 Å². The molecule has 2 aromatic carbocycles. The van der Waals surface area contributed by atoms with Gasteiger partial charge in [-0.3, -0.25) is 14.9 Å². The number of nitro groups is 1. The van der Waals surface area contributed by atoms with Gasteiger partial charge in [-0.05, 0) is 18.2 Å². The quantitative estimate of drug-likeness (QED) is 0.511. The van der Waals surface area contributed by atoms with Crippen molar-refractivity contribution in [3.8, 4) is 0 Å². The standard InChI is InChI=1S/C13H10FN3O3/c14-9-5-3-4-8(12(9)15)13(18)16-10-6-1-2-7-11(10)17(19)20/h1-7H,15H2,(H,16,18). The van der Waals surface area contributed by atoms with E-state index in [-0.39, 0.29) is 22.6 Å². The first kappa shape index (κ1) is 13.5. The largest absolute Gasteiger partial charge is 0.396 e. The van der Waals surface area contributed by atoms with Crippen LogP contribution in [0.15, 0.2) is 42.5 Å². The number of hydrogen-bond donors (Lipinski definition) is 2. The lowest BCUT2D eigenvalue weighted by Crippen LogP contribution is -2.15. The summed E-state index contributed by atoms with van der Waals surface area (Å²) in [4.78, 5) is 22.2. The van der Waals surface area contributed by atoms with E-state index in [0.29, 0.717) is 0 Å². The molecule has 2 aromatic rings. The van der Waals surface area contributed by atoms with Gasteiger partial charge in [-0.2, -0.15) is 0 Å². The number of nitro benzene ring substituents is 1. The van der Waals surface area contributed by atoms with Crippen LogP contribution in [0.2, 0.25) is 0 Å². The molecule has 2 rings (SSSR count). The first-order valence-corrected chi connectivity index (χ1v) is 5.59. The van der Waals surface area contributed by atoms with Crippen LogP contribution in [-0.2, 0) is 0 Å². The van der Waals surface area contributed by atoms with Gasteiger partial charge >= 0.3 is 0 Å². The minimum Gasteiger partial charge on any atom is -0.396 e. The van der Waals surface area contributed by atoms with Crippen molar-refractivity contribution in [2.75, 3.05) is 11.1 Å². The van der Waals surface area contributed by atoms with Gasteiger partial charge in [0.25, 0.3) is 11.6 Å². The minimum absolute atomic E-state index is 0.0196. The number of carbonyl (C=O) groups excluding carboxylic acids is 1. The Kier molecular flexibility index (Phi) is 3.60. The Bertz CT molecular complexity index is 688. The first-order chi connectivity index (χ1) is 9.50. The van der Waals surface area contributed by atoms with Crippen LogP contribution >= 0.6 is 0 Å². The predicted molar refractivity (Wildman–Crippen MR) is 71.9 cm³/mol. The van der Waals surface area contributed by atoms with Gasteiger partial charge in [-0.25, -0.2) is 4.39 Å². The molecular formula is C13H10FN3O3. The number of nitrogens with zero attached hydrogens (tertiary/aromatic N) is 1. The van der Waals surface area contributed by atoms with E-state index in [1.807, 2.05) is 0 Å². The van der Waals surface area contributed by atoms with Gasteiger partial charge in [0.15, 0.2) is 0 Å². The maximum Gasteiger partial charge on any atom is 0.292 e. The Morgan fingerprint density at radius 1 is 1.20 bits per heavy atom. The summed E-state index contributed by atoms with van der Waals surface area (Å²) in [6.07, 6.45) is 0. The van der Waals surface area contributed by atoms with E-state index < -0.39 is 16.6 Å². The van der Waals surface area contributed by atoms with Crippen molar-refractivity contribution in [3.05, 3.63) is 64.0 Å². The number of nitrogens with two attached hydrogens (primary N) is 1. The van der Waals surface area contributed by atoms with E-state index in [9.17, 15) is 19.3 Å². The molecule has 1 amide bonds. The molecule has 0 atom stereocenters. The van der Waals surface area contributed by atoms with Crippen molar-refractivity contribution in [2.24, 2.45) is 0 Å². The Labute approximate surface area is 113 Å². The van der Waals surface area contributed by atoms with Gasteiger partial charge in [0.1, 0.15) is 11.5 Å². The third kappa shape index (κ3) is 2.56. The topological polar surface area (TPSA) is 98.3 Å². The van der Waals surface area contributed by atoms with Crippen LogP contribution < -0.4 is 11.1 Å². The highest BCUT2D eigenvalue weighted by atomic mass is 19.1. The second-order valence-electron chi connectivity index (χ2n) is 3.93. The van der Waals surface area contributed by atoms with Crippen molar-refractivity contribution in [2.45, 2.75) is 0 Å². The average molecular weight is 275 g/mol. The summed E-state index contributed by atoms with van der Waals surface area (Å²) < 4.78 is 13.3. The first-order valence-electron chi connectivity index (χ1n) is 5.59. The molecule has 0 spiro atoms. The summed E-state index contributed by atoms with van der Waals surface area (Å²) in [5.41, 5.74) is 4.85. The second kappa shape index (κ2) is 5.35. The summed E-state index contributed by atoms with van der Waals surface area (Å²) in [5, 5.41) is 13.2. The van der Waals surface area contributed by atoms with E-state index in [2.05, 4.69) is 5.32 Å². The zero-order valence-corrected chi connectivity index (χ0v) is 10.2. The summed E-state index contributed by atoms with van der Waals surface area (Å²) in [5.74, 6) is -1.43. The van der Waals surface area contributed by atoms with Gasteiger partial charge < -0.3 is 11.1 Å². The van der Waals surface area contributed by atoms with E-state index in [4.69, 9.17) is 5.73 Å². The molecule has 0 aliphatic carbocycles. The zero-order valence-electron chi connectivity index (χ0n) is 10.2. The molecule has 0 saturated heterocycles. The lowest BCUT2D eigenvalue weighted by Gasteiger charge is -2.08. The number of rotatable bonds is 3. The van der Waals surface area contributed by atoms with Crippen LogP contribution in [0.3, 0.4) is 0 Å². The van der Waals surface area contributed by atoms with Crippen LogP contribution in [0.5, 0.6) is 0 Å². The predicted octanol–water partition coefficient (Wildman–Crippen LogP) is 2.57. The third-order valence-corrected chi connectivity index (χ3v) is 2.65. The summed E-state index contributed by atoms with van der Waals surface area (Å²) in [6.45, 7) is 0. The fourth-order valence-corrected chi connectivity index (χ4v) is 1.66. The number of nitrogens with one attached hydrogen (secondary N) is 1.